The van der Waals surface area contributed by atoms with E-state index in [1.807, 2.05) is 0 Å². The van der Waals surface area contributed by atoms with Gasteiger partial charge >= 0.3 is 0 Å². The monoisotopic (exact) mass is 462 g/mol. The highest BCUT2D eigenvalue weighted by Gasteiger charge is 2.19. The number of rotatable bonds is 9. The van der Waals surface area contributed by atoms with Crippen molar-refractivity contribution in [2.45, 2.75) is 12.8 Å². The molecule has 0 radical (unpaired) electrons. The number of ether oxygens (including phenoxy) is 2. The Kier molecular flexibility index (Phi) is 7.85. The Hall–Kier alpha value is -2.59. The predicted octanol–water partition coefficient (Wildman–Crippen LogP) is 3.82. The zero-order valence-corrected chi connectivity index (χ0v) is 18.1. The Labute approximate surface area is 178 Å². The van der Waals surface area contributed by atoms with Gasteiger partial charge in [-0.2, -0.15) is 0 Å². The lowest BCUT2D eigenvalue weighted by Gasteiger charge is -2.22. The highest BCUT2D eigenvalue weighted by Crippen LogP contribution is 2.36. The maximum Gasteiger partial charge on any atom is 0.232 e. The van der Waals surface area contributed by atoms with Crippen LogP contribution in [0.2, 0.25) is 5.02 Å². The molecule has 0 unspecified atom stereocenters. The molecule has 1 N–H and O–H groups in total. The van der Waals surface area contributed by atoms with Gasteiger partial charge in [-0.05, 0) is 18.6 Å². The molecule has 30 heavy (non-hydrogen) atoms. The van der Waals surface area contributed by atoms with Crippen molar-refractivity contribution in [3.05, 3.63) is 47.0 Å². The van der Waals surface area contributed by atoms with Crippen LogP contribution < -0.4 is 19.1 Å². The van der Waals surface area contributed by atoms with Gasteiger partial charge in [-0.15, -0.1) is 0 Å². The topological polar surface area (TPSA) is 84.9 Å². The van der Waals surface area contributed by atoms with Crippen molar-refractivity contribution in [1.82, 2.24) is 0 Å². The van der Waals surface area contributed by atoms with Gasteiger partial charge in [0.05, 0.1) is 36.9 Å². The summed E-state index contributed by atoms with van der Waals surface area (Å²) in [5.74, 6) is -1.99. The van der Waals surface area contributed by atoms with Crippen molar-refractivity contribution in [2.24, 2.45) is 0 Å². The molecule has 7 nitrogen and oxygen atoms in total. The molecule has 0 spiro atoms. The Bertz CT molecular complexity index is 1030. The van der Waals surface area contributed by atoms with E-state index in [2.05, 4.69) is 5.32 Å². The van der Waals surface area contributed by atoms with Crippen molar-refractivity contribution in [3.63, 3.8) is 0 Å². The van der Waals surface area contributed by atoms with Crippen LogP contribution >= 0.6 is 11.6 Å². The van der Waals surface area contributed by atoms with Gasteiger partial charge in [-0.3, -0.25) is 9.10 Å². The Balaban J connectivity index is 2.07. The van der Waals surface area contributed by atoms with E-state index in [9.17, 15) is 22.0 Å². The van der Waals surface area contributed by atoms with Crippen LogP contribution in [0.4, 0.5) is 20.2 Å². The number of halogens is 3. The molecule has 0 aliphatic carbocycles. The molecule has 2 rings (SSSR count). The largest absolute Gasteiger partial charge is 0.495 e. The molecule has 1 amide bonds. The molecular formula is C19H21ClF2N2O5S. The van der Waals surface area contributed by atoms with Gasteiger partial charge in [0, 0.05) is 31.2 Å². The number of benzene rings is 2. The van der Waals surface area contributed by atoms with E-state index in [1.54, 1.807) is 0 Å². The molecule has 0 fully saturated rings. The van der Waals surface area contributed by atoms with Crippen LogP contribution in [0.5, 0.6) is 11.5 Å². The molecule has 0 aliphatic heterocycles. The first kappa shape index (κ1) is 23.7. The van der Waals surface area contributed by atoms with Gasteiger partial charge in [0.1, 0.15) is 11.5 Å². The molecule has 0 aromatic heterocycles. The lowest BCUT2D eigenvalue weighted by atomic mass is 10.2. The third-order valence-electron chi connectivity index (χ3n) is 4.10. The van der Waals surface area contributed by atoms with E-state index >= 15 is 0 Å². The molecule has 11 heteroatoms. The smallest absolute Gasteiger partial charge is 0.232 e. The Morgan fingerprint density at radius 2 is 1.77 bits per heavy atom. The lowest BCUT2D eigenvalue weighted by Crippen LogP contribution is -2.31. The first-order valence-corrected chi connectivity index (χ1v) is 10.9. The van der Waals surface area contributed by atoms with Gasteiger partial charge in [-0.1, -0.05) is 11.6 Å². The third kappa shape index (κ3) is 5.96. The number of nitrogens with zero attached hydrogens (tertiary/aromatic N) is 1. The highest BCUT2D eigenvalue weighted by atomic mass is 35.5. The number of methoxy groups -OCH3 is 2. The summed E-state index contributed by atoms with van der Waals surface area (Å²) in [5.41, 5.74) is 0.310. The van der Waals surface area contributed by atoms with E-state index in [-0.39, 0.29) is 25.1 Å². The molecule has 2 aromatic carbocycles. The number of hydrogen-bond donors (Lipinski definition) is 1. The van der Waals surface area contributed by atoms with Gasteiger partial charge in [0.2, 0.25) is 15.9 Å². The second-order valence-corrected chi connectivity index (χ2v) is 8.59. The average Bonchev–Trinajstić information content (AvgIpc) is 2.67. The van der Waals surface area contributed by atoms with Gasteiger partial charge in [0.15, 0.2) is 11.6 Å². The number of nitrogens with one attached hydrogen (secondary N) is 1. The summed E-state index contributed by atoms with van der Waals surface area (Å²) in [4.78, 5) is 12.3. The normalized spacial score (nSPS) is 11.1. The number of sulfonamides is 1. The summed E-state index contributed by atoms with van der Waals surface area (Å²) in [5, 5.41) is 2.96. The van der Waals surface area contributed by atoms with E-state index in [4.69, 9.17) is 21.1 Å². The fourth-order valence-electron chi connectivity index (χ4n) is 2.68. The van der Waals surface area contributed by atoms with Crippen LogP contribution in [0.1, 0.15) is 12.8 Å². The molecule has 164 valence electrons. The molecule has 0 aliphatic rings. The van der Waals surface area contributed by atoms with E-state index in [0.29, 0.717) is 22.2 Å². The summed E-state index contributed by atoms with van der Waals surface area (Å²) >= 11 is 6.03. The van der Waals surface area contributed by atoms with Crippen molar-refractivity contribution >= 4 is 38.9 Å². The second kappa shape index (κ2) is 9.94. The zero-order chi connectivity index (χ0) is 22.5. The van der Waals surface area contributed by atoms with Gasteiger partial charge < -0.3 is 14.8 Å². The number of amides is 1. The first-order chi connectivity index (χ1) is 14.1. The second-order valence-electron chi connectivity index (χ2n) is 6.27. The summed E-state index contributed by atoms with van der Waals surface area (Å²) in [6.45, 7) is -0.0988. The molecule has 0 heterocycles. The molecular weight excluding hydrogens is 442 g/mol. The van der Waals surface area contributed by atoms with Crippen LogP contribution in [0.25, 0.3) is 0 Å². The van der Waals surface area contributed by atoms with Crippen molar-refractivity contribution in [3.8, 4) is 11.5 Å². The van der Waals surface area contributed by atoms with E-state index < -0.39 is 27.6 Å². The number of carbonyl (C=O) groups is 1. The van der Waals surface area contributed by atoms with Crippen LogP contribution in [0, 0.1) is 11.6 Å². The SMILES string of the molecule is COc1cc(NC(=O)CCCN(c2ccc(F)c(F)c2)S(C)(=O)=O)c(OC)cc1Cl. The fraction of sp³-hybridized carbons (Fsp3) is 0.316. The average molecular weight is 463 g/mol. The lowest BCUT2D eigenvalue weighted by molar-refractivity contribution is -0.116. The first-order valence-electron chi connectivity index (χ1n) is 8.71. The summed E-state index contributed by atoms with van der Waals surface area (Å²) < 4.78 is 61.9. The fourth-order valence-corrected chi connectivity index (χ4v) is 3.87. The molecule has 0 saturated carbocycles. The molecule has 0 atom stereocenters. The molecule has 2 aromatic rings. The highest BCUT2D eigenvalue weighted by molar-refractivity contribution is 7.92. The number of anilines is 2. The summed E-state index contributed by atoms with van der Waals surface area (Å²) in [7, 11) is -0.923. The number of carbonyl (C=O) groups excluding carboxylic acids is 1. The van der Waals surface area contributed by atoms with E-state index in [0.717, 1.165) is 28.8 Å². The maximum absolute atomic E-state index is 13.5. The zero-order valence-electron chi connectivity index (χ0n) is 16.5. The van der Waals surface area contributed by atoms with Crippen LogP contribution in [-0.2, 0) is 14.8 Å². The van der Waals surface area contributed by atoms with Crippen molar-refractivity contribution < 1.29 is 31.5 Å². The van der Waals surface area contributed by atoms with Crippen LogP contribution in [0.3, 0.4) is 0 Å². The number of hydrogen-bond acceptors (Lipinski definition) is 5. The Morgan fingerprint density at radius 1 is 1.10 bits per heavy atom. The summed E-state index contributed by atoms with van der Waals surface area (Å²) in [6, 6.07) is 5.79. The van der Waals surface area contributed by atoms with Crippen LogP contribution in [0.15, 0.2) is 30.3 Å². The van der Waals surface area contributed by atoms with Gasteiger partial charge in [-0.25, -0.2) is 17.2 Å². The molecule has 0 bridgehead atoms. The quantitative estimate of drug-likeness (QED) is 0.612. The standard InChI is InChI=1S/C19H21ClF2N2O5S/c1-28-17-11-16(18(29-2)10-13(17)20)23-19(25)5-4-8-24(30(3,26)27)12-6-7-14(21)15(22)9-12/h6-7,9-11H,4-5,8H2,1-3H3,(H,23,25). The minimum absolute atomic E-state index is 0.0269. The minimum Gasteiger partial charge on any atom is -0.495 e. The minimum atomic E-state index is -3.77. The van der Waals surface area contributed by atoms with Gasteiger partial charge in [0.25, 0.3) is 0 Å². The van der Waals surface area contributed by atoms with Crippen molar-refractivity contribution in [2.75, 3.05) is 36.6 Å². The van der Waals surface area contributed by atoms with Crippen LogP contribution in [-0.4, -0.2) is 41.3 Å². The van der Waals surface area contributed by atoms with E-state index in [1.165, 1.54) is 26.4 Å². The predicted molar refractivity (Wildman–Crippen MR) is 111 cm³/mol. The third-order valence-corrected chi connectivity index (χ3v) is 5.59. The van der Waals surface area contributed by atoms with Crippen molar-refractivity contribution in [1.29, 1.82) is 0 Å². The maximum atomic E-state index is 13.5. The Morgan fingerprint density at radius 3 is 2.33 bits per heavy atom. The summed E-state index contributed by atoms with van der Waals surface area (Å²) in [6.07, 6.45) is 1.04. The molecule has 0 saturated heterocycles.